The van der Waals surface area contributed by atoms with Crippen molar-refractivity contribution in [3.8, 4) is 11.8 Å². The molecule has 0 spiro atoms. The fourth-order valence-corrected chi connectivity index (χ4v) is 1.82. The molecule has 1 aliphatic carbocycles. The molecule has 0 aromatic heterocycles. The number of benzene rings is 1. The number of nitro benzene ring substituents is 1. The summed E-state index contributed by atoms with van der Waals surface area (Å²) >= 11 is 0. The quantitative estimate of drug-likeness (QED) is 0.645. The molecule has 0 aliphatic heterocycles. The van der Waals surface area contributed by atoms with Crippen molar-refractivity contribution >= 4 is 5.69 Å². The van der Waals surface area contributed by atoms with E-state index in [0.717, 1.165) is 25.0 Å². The molecule has 19 heavy (non-hydrogen) atoms. The van der Waals surface area contributed by atoms with Crippen LogP contribution in [-0.4, -0.2) is 17.1 Å². The van der Waals surface area contributed by atoms with Crippen LogP contribution < -0.4 is 10.5 Å². The molecule has 1 atom stereocenters. The molecular weight excluding hydrogens is 253 g/mol. The topological polar surface area (TPSA) is 102 Å². The van der Waals surface area contributed by atoms with E-state index in [9.17, 15) is 14.5 Å². The SMILES string of the molecule is N#CC(N)(COc1c(F)cccc1[N+](=O)[O-])C1CC1. The van der Waals surface area contributed by atoms with Gasteiger partial charge in [0.25, 0.3) is 0 Å². The van der Waals surface area contributed by atoms with Crippen LogP contribution in [0.5, 0.6) is 5.75 Å². The Balaban J connectivity index is 2.20. The average Bonchev–Trinajstić information content (AvgIpc) is 3.21. The molecule has 1 aromatic carbocycles. The molecule has 0 amide bonds. The fourth-order valence-electron chi connectivity index (χ4n) is 1.82. The van der Waals surface area contributed by atoms with Gasteiger partial charge in [-0.2, -0.15) is 5.26 Å². The predicted molar refractivity (Wildman–Crippen MR) is 63.8 cm³/mol. The van der Waals surface area contributed by atoms with E-state index in [2.05, 4.69) is 0 Å². The molecule has 100 valence electrons. The number of para-hydroxylation sites is 1. The second-order valence-corrected chi connectivity index (χ2v) is 4.56. The highest BCUT2D eigenvalue weighted by Gasteiger charge is 2.44. The maximum atomic E-state index is 13.6. The molecule has 6 nitrogen and oxygen atoms in total. The van der Waals surface area contributed by atoms with Crippen molar-refractivity contribution in [2.24, 2.45) is 11.7 Å². The zero-order chi connectivity index (χ0) is 14.0. The van der Waals surface area contributed by atoms with Gasteiger partial charge in [0, 0.05) is 6.07 Å². The summed E-state index contributed by atoms with van der Waals surface area (Å²) < 4.78 is 18.7. The predicted octanol–water partition coefficient (Wildman–Crippen LogP) is 1.74. The van der Waals surface area contributed by atoms with E-state index in [-0.39, 0.29) is 12.5 Å². The van der Waals surface area contributed by atoms with Gasteiger partial charge in [0.05, 0.1) is 11.0 Å². The zero-order valence-electron chi connectivity index (χ0n) is 10.0. The Bertz CT molecular complexity index is 554. The summed E-state index contributed by atoms with van der Waals surface area (Å²) in [7, 11) is 0. The molecule has 1 aliphatic rings. The maximum absolute atomic E-state index is 13.6. The zero-order valence-corrected chi connectivity index (χ0v) is 10.0. The lowest BCUT2D eigenvalue weighted by Crippen LogP contribution is -2.46. The number of hydrogen-bond acceptors (Lipinski definition) is 5. The normalized spacial score (nSPS) is 17.3. The highest BCUT2D eigenvalue weighted by molar-refractivity contribution is 5.47. The van der Waals surface area contributed by atoms with Crippen molar-refractivity contribution in [1.82, 2.24) is 0 Å². The highest BCUT2D eigenvalue weighted by Crippen LogP contribution is 2.39. The van der Waals surface area contributed by atoms with Crippen LogP contribution in [0.3, 0.4) is 0 Å². The molecule has 7 heteroatoms. The van der Waals surface area contributed by atoms with E-state index in [1.54, 1.807) is 0 Å². The summed E-state index contributed by atoms with van der Waals surface area (Å²) in [5.41, 5.74) is 4.15. The van der Waals surface area contributed by atoms with Crippen molar-refractivity contribution in [2.75, 3.05) is 6.61 Å². The summed E-state index contributed by atoms with van der Waals surface area (Å²) in [6.45, 7) is -0.268. The Kier molecular flexibility index (Phi) is 3.36. The summed E-state index contributed by atoms with van der Waals surface area (Å²) in [5.74, 6) is -1.31. The van der Waals surface area contributed by atoms with Crippen molar-refractivity contribution in [3.05, 3.63) is 34.1 Å². The number of ether oxygens (including phenoxy) is 1. The van der Waals surface area contributed by atoms with E-state index >= 15 is 0 Å². The summed E-state index contributed by atoms with van der Waals surface area (Å²) in [5, 5.41) is 19.8. The van der Waals surface area contributed by atoms with Gasteiger partial charge in [0.2, 0.25) is 5.75 Å². The first-order chi connectivity index (χ1) is 8.98. The van der Waals surface area contributed by atoms with Crippen LogP contribution in [0.25, 0.3) is 0 Å². The first-order valence-electron chi connectivity index (χ1n) is 5.74. The van der Waals surface area contributed by atoms with Crippen molar-refractivity contribution in [1.29, 1.82) is 5.26 Å². The van der Waals surface area contributed by atoms with Gasteiger partial charge < -0.3 is 10.5 Å². The Morgan fingerprint density at radius 2 is 2.32 bits per heavy atom. The number of nitrogens with zero attached hydrogens (tertiary/aromatic N) is 2. The fraction of sp³-hybridized carbons (Fsp3) is 0.417. The highest BCUT2D eigenvalue weighted by atomic mass is 19.1. The molecule has 2 N–H and O–H groups in total. The van der Waals surface area contributed by atoms with Gasteiger partial charge >= 0.3 is 5.69 Å². The van der Waals surface area contributed by atoms with Crippen molar-refractivity contribution in [3.63, 3.8) is 0 Å². The number of nitrogens with two attached hydrogens (primary N) is 1. The number of halogens is 1. The monoisotopic (exact) mass is 265 g/mol. The van der Waals surface area contributed by atoms with Gasteiger partial charge in [-0.05, 0) is 24.8 Å². The van der Waals surface area contributed by atoms with E-state index in [1.807, 2.05) is 6.07 Å². The van der Waals surface area contributed by atoms with Gasteiger partial charge in [-0.3, -0.25) is 10.1 Å². The first kappa shape index (κ1) is 13.2. The first-order valence-corrected chi connectivity index (χ1v) is 5.74. The minimum Gasteiger partial charge on any atom is -0.482 e. The molecule has 0 saturated heterocycles. The minimum atomic E-state index is -1.23. The Labute approximate surface area is 108 Å². The number of nitriles is 1. The third-order valence-electron chi connectivity index (χ3n) is 3.11. The van der Waals surface area contributed by atoms with Crippen molar-refractivity contribution in [2.45, 2.75) is 18.4 Å². The standard InChI is InChI=1S/C12H12FN3O3/c13-9-2-1-3-10(16(17)18)11(9)19-7-12(15,6-14)8-4-5-8/h1-3,8H,4-5,7,15H2. The second kappa shape index (κ2) is 4.82. The number of nitro groups is 1. The van der Waals surface area contributed by atoms with Gasteiger partial charge in [-0.1, -0.05) is 6.07 Å². The Morgan fingerprint density at radius 1 is 1.63 bits per heavy atom. The smallest absolute Gasteiger partial charge is 0.314 e. The van der Waals surface area contributed by atoms with Crippen LogP contribution in [0.1, 0.15) is 12.8 Å². The van der Waals surface area contributed by atoms with Crippen LogP contribution >= 0.6 is 0 Å². The van der Waals surface area contributed by atoms with Gasteiger partial charge in [-0.15, -0.1) is 0 Å². The second-order valence-electron chi connectivity index (χ2n) is 4.56. The molecule has 0 radical (unpaired) electrons. The van der Waals surface area contributed by atoms with E-state index in [4.69, 9.17) is 15.7 Å². The number of rotatable bonds is 5. The third-order valence-corrected chi connectivity index (χ3v) is 3.11. The van der Waals surface area contributed by atoms with Crippen LogP contribution in [0.15, 0.2) is 18.2 Å². The molecule has 1 saturated carbocycles. The molecule has 0 heterocycles. The summed E-state index contributed by atoms with van der Waals surface area (Å²) in [4.78, 5) is 10.0. The number of hydrogen-bond donors (Lipinski definition) is 1. The molecule has 0 bridgehead atoms. The summed E-state index contributed by atoms with van der Waals surface area (Å²) in [6, 6.07) is 5.36. The maximum Gasteiger partial charge on any atom is 0.314 e. The van der Waals surface area contributed by atoms with Crippen LogP contribution in [-0.2, 0) is 0 Å². The van der Waals surface area contributed by atoms with E-state index in [0.29, 0.717) is 0 Å². The molecule has 2 rings (SSSR count). The lowest BCUT2D eigenvalue weighted by atomic mass is 9.98. The van der Waals surface area contributed by atoms with Crippen molar-refractivity contribution < 1.29 is 14.1 Å². The van der Waals surface area contributed by atoms with Crippen LogP contribution in [0.4, 0.5) is 10.1 Å². The van der Waals surface area contributed by atoms with Crippen LogP contribution in [0, 0.1) is 33.2 Å². The molecular formula is C12H12FN3O3. The van der Waals surface area contributed by atoms with Gasteiger partial charge in [0.15, 0.2) is 5.82 Å². The summed E-state index contributed by atoms with van der Waals surface area (Å²) in [6.07, 6.45) is 1.62. The van der Waals surface area contributed by atoms with Crippen LogP contribution in [0.2, 0.25) is 0 Å². The lowest BCUT2D eigenvalue weighted by molar-refractivity contribution is -0.386. The minimum absolute atomic E-state index is 0.00308. The Morgan fingerprint density at radius 3 is 2.84 bits per heavy atom. The van der Waals surface area contributed by atoms with E-state index < -0.39 is 27.7 Å². The lowest BCUT2D eigenvalue weighted by Gasteiger charge is -2.21. The largest absolute Gasteiger partial charge is 0.482 e. The molecule has 1 aromatic rings. The van der Waals surface area contributed by atoms with E-state index in [1.165, 1.54) is 6.07 Å². The van der Waals surface area contributed by atoms with Gasteiger partial charge in [0.1, 0.15) is 12.1 Å². The Hall–Kier alpha value is -2.20. The average molecular weight is 265 g/mol. The molecule has 1 unspecified atom stereocenters. The van der Waals surface area contributed by atoms with Gasteiger partial charge in [-0.25, -0.2) is 4.39 Å². The molecule has 1 fully saturated rings. The third kappa shape index (κ3) is 2.63.